The van der Waals surface area contributed by atoms with E-state index >= 15 is 0 Å². The standard InChI is InChI=1S/C24H36O4/c25-21(27-19-7-3-1-4-8-19)23-12-17-11-18(13-23)15-24(14-17,16-23)22(26)28-20-9-5-2-6-10-20/h17-20H,1-16H2. The van der Waals surface area contributed by atoms with Gasteiger partial charge in [0.2, 0.25) is 0 Å². The highest BCUT2D eigenvalue weighted by Crippen LogP contribution is 2.66. The first-order chi connectivity index (χ1) is 13.6. The lowest BCUT2D eigenvalue weighted by molar-refractivity contribution is -0.200. The zero-order valence-corrected chi connectivity index (χ0v) is 17.3. The topological polar surface area (TPSA) is 52.6 Å². The van der Waals surface area contributed by atoms with Gasteiger partial charge < -0.3 is 9.47 Å². The first kappa shape index (κ1) is 18.9. The zero-order valence-electron chi connectivity index (χ0n) is 17.3. The van der Waals surface area contributed by atoms with E-state index < -0.39 is 10.8 Å². The third-order valence-electron chi connectivity index (χ3n) is 8.58. The van der Waals surface area contributed by atoms with Crippen LogP contribution in [0.3, 0.4) is 0 Å². The highest BCUT2D eigenvalue weighted by Gasteiger charge is 2.64. The van der Waals surface area contributed by atoms with Crippen molar-refractivity contribution in [1.29, 1.82) is 0 Å². The lowest BCUT2D eigenvalue weighted by atomic mass is 9.44. The monoisotopic (exact) mass is 388 g/mol. The molecule has 0 spiro atoms. The SMILES string of the molecule is O=C(OC1CCCCC1)C12CC3CC(C1)CC(C(=O)OC1CCCCC1)(C3)C2. The molecule has 6 rings (SSSR count). The number of rotatable bonds is 4. The van der Waals surface area contributed by atoms with Gasteiger partial charge in [-0.25, -0.2) is 0 Å². The molecule has 28 heavy (non-hydrogen) atoms. The molecule has 0 amide bonds. The molecule has 6 aliphatic carbocycles. The Morgan fingerprint density at radius 3 is 1.39 bits per heavy atom. The minimum Gasteiger partial charge on any atom is -0.462 e. The number of ether oxygens (including phenoxy) is 2. The van der Waals surface area contributed by atoms with Crippen molar-refractivity contribution in [2.45, 2.75) is 115 Å². The van der Waals surface area contributed by atoms with Gasteiger partial charge in [0.05, 0.1) is 10.8 Å². The number of hydrogen-bond donors (Lipinski definition) is 0. The summed E-state index contributed by atoms with van der Waals surface area (Å²) in [5.41, 5.74) is -0.819. The van der Waals surface area contributed by atoms with Crippen molar-refractivity contribution >= 4 is 11.9 Å². The van der Waals surface area contributed by atoms with Crippen LogP contribution in [-0.4, -0.2) is 24.1 Å². The van der Waals surface area contributed by atoms with Crippen LogP contribution in [0.5, 0.6) is 0 Å². The van der Waals surface area contributed by atoms with Crippen molar-refractivity contribution in [3.63, 3.8) is 0 Å². The van der Waals surface area contributed by atoms with E-state index in [1.54, 1.807) is 0 Å². The molecule has 0 aromatic rings. The van der Waals surface area contributed by atoms with E-state index in [0.717, 1.165) is 51.4 Å². The molecular formula is C24H36O4. The molecule has 0 radical (unpaired) electrons. The Labute approximate surface area is 169 Å². The second-order valence-electron chi connectivity index (χ2n) is 10.9. The van der Waals surface area contributed by atoms with Crippen LogP contribution in [0.2, 0.25) is 0 Å². The van der Waals surface area contributed by atoms with Crippen LogP contribution in [0.25, 0.3) is 0 Å². The van der Waals surface area contributed by atoms with Gasteiger partial charge in [0, 0.05) is 0 Å². The summed E-state index contributed by atoms with van der Waals surface area (Å²) >= 11 is 0. The predicted octanol–water partition coefficient (Wildman–Crippen LogP) is 5.32. The lowest BCUT2D eigenvalue weighted by Gasteiger charge is -2.59. The first-order valence-electron chi connectivity index (χ1n) is 12.0. The maximum atomic E-state index is 13.3. The number of carbonyl (C=O) groups is 2. The summed E-state index contributed by atoms with van der Waals surface area (Å²) in [5, 5.41) is 0. The minimum absolute atomic E-state index is 0.0170. The molecule has 0 aliphatic heterocycles. The van der Waals surface area contributed by atoms with E-state index in [0.29, 0.717) is 18.3 Å². The van der Waals surface area contributed by atoms with Crippen LogP contribution in [0.1, 0.15) is 103 Å². The van der Waals surface area contributed by atoms with Crippen molar-refractivity contribution < 1.29 is 19.1 Å². The normalized spacial score (nSPS) is 41.0. The third-order valence-corrected chi connectivity index (χ3v) is 8.58. The third kappa shape index (κ3) is 3.39. The van der Waals surface area contributed by atoms with E-state index in [9.17, 15) is 9.59 Å². The van der Waals surface area contributed by atoms with Crippen molar-refractivity contribution in [3.8, 4) is 0 Å². The summed E-state index contributed by atoms with van der Waals surface area (Å²) in [5.74, 6) is 1.03. The van der Waals surface area contributed by atoms with Crippen LogP contribution in [0, 0.1) is 22.7 Å². The van der Waals surface area contributed by atoms with Crippen LogP contribution < -0.4 is 0 Å². The molecule has 0 atom stereocenters. The molecule has 0 aromatic heterocycles. The molecule has 4 heteroatoms. The molecule has 0 N–H and O–H groups in total. The fourth-order valence-electron chi connectivity index (χ4n) is 7.66. The predicted molar refractivity (Wildman–Crippen MR) is 105 cm³/mol. The number of hydrogen-bond acceptors (Lipinski definition) is 4. The maximum Gasteiger partial charge on any atom is 0.312 e. The molecule has 156 valence electrons. The van der Waals surface area contributed by atoms with Gasteiger partial charge in [0.1, 0.15) is 12.2 Å². The summed E-state index contributed by atoms with van der Waals surface area (Å²) in [7, 11) is 0. The average molecular weight is 389 g/mol. The Kier molecular flexibility index (Phi) is 4.95. The molecule has 4 bridgehead atoms. The second-order valence-corrected chi connectivity index (χ2v) is 10.9. The highest BCUT2D eigenvalue weighted by atomic mass is 16.5. The average Bonchev–Trinajstić information content (AvgIpc) is 2.68. The molecule has 0 heterocycles. The van der Waals surface area contributed by atoms with E-state index in [-0.39, 0.29) is 24.1 Å². The largest absolute Gasteiger partial charge is 0.462 e. The van der Waals surface area contributed by atoms with Gasteiger partial charge >= 0.3 is 11.9 Å². The molecule has 6 aliphatic rings. The van der Waals surface area contributed by atoms with Crippen molar-refractivity contribution in [2.75, 3.05) is 0 Å². The van der Waals surface area contributed by atoms with Crippen LogP contribution in [0.15, 0.2) is 0 Å². The Morgan fingerprint density at radius 1 is 0.607 bits per heavy atom. The summed E-state index contributed by atoms with van der Waals surface area (Å²) in [6.45, 7) is 0. The molecule has 0 saturated heterocycles. The summed E-state index contributed by atoms with van der Waals surface area (Å²) in [4.78, 5) is 26.7. The Morgan fingerprint density at radius 2 is 1.00 bits per heavy atom. The van der Waals surface area contributed by atoms with E-state index in [1.807, 2.05) is 0 Å². The minimum atomic E-state index is -0.410. The summed E-state index contributed by atoms with van der Waals surface area (Å²) < 4.78 is 12.1. The Bertz CT molecular complexity index is 550. The molecule has 6 fully saturated rings. The van der Waals surface area contributed by atoms with Gasteiger partial charge in [-0.15, -0.1) is 0 Å². The highest BCUT2D eigenvalue weighted by molar-refractivity contribution is 5.83. The van der Waals surface area contributed by atoms with Crippen LogP contribution in [-0.2, 0) is 19.1 Å². The molecular weight excluding hydrogens is 352 g/mol. The van der Waals surface area contributed by atoms with Gasteiger partial charge in [-0.1, -0.05) is 12.8 Å². The van der Waals surface area contributed by atoms with Crippen molar-refractivity contribution in [2.24, 2.45) is 22.7 Å². The van der Waals surface area contributed by atoms with E-state index in [1.165, 1.54) is 44.9 Å². The van der Waals surface area contributed by atoms with Gasteiger partial charge in [-0.2, -0.15) is 0 Å². The molecule has 4 nitrogen and oxygen atoms in total. The summed E-state index contributed by atoms with van der Waals surface area (Å²) in [6.07, 6.45) is 17.1. The van der Waals surface area contributed by atoms with Crippen molar-refractivity contribution in [1.82, 2.24) is 0 Å². The smallest absolute Gasteiger partial charge is 0.312 e. The Balaban J connectivity index is 1.31. The number of carbonyl (C=O) groups excluding carboxylic acids is 2. The van der Waals surface area contributed by atoms with E-state index in [2.05, 4.69) is 0 Å². The molecule has 0 aromatic carbocycles. The van der Waals surface area contributed by atoms with Gasteiger partial charge in [0.25, 0.3) is 0 Å². The van der Waals surface area contributed by atoms with Crippen LogP contribution >= 0.6 is 0 Å². The molecule has 6 saturated carbocycles. The first-order valence-corrected chi connectivity index (χ1v) is 12.0. The summed E-state index contributed by atoms with van der Waals surface area (Å²) in [6, 6.07) is 0. The van der Waals surface area contributed by atoms with Gasteiger partial charge in [-0.05, 0) is 102 Å². The van der Waals surface area contributed by atoms with E-state index in [4.69, 9.17) is 9.47 Å². The van der Waals surface area contributed by atoms with Gasteiger partial charge in [0.15, 0.2) is 0 Å². The fourth-order valence-corrected chi connectivity index (χ4v) is 7.66. The lowest BCUT2D eigenvalue weighted by Crippen LogP contribution is -2.58. The van der Waals surface area contributed by atoms with Crippen molar-refractivity contribution in [3.05, 3.63) is 0 Å². The Hall–Kier alpha value is -1.06. The molecule has 0 unspecified atom stereocenters. The van der Waals surface area contributed by atoms with Gasteiger partial charge in [-0.3, -0.25) is 9.59 Å². The second kappa shape index (κ2) is 7.32. The maximum absolute atomic E-state index is 13.3. The quantitative estimate of drug-likeness (QED) is 0.611. The van der Waals surface area contributed by atoms with Crippen LogP contribution in [0.4, 0.5) is 0 Å². The zero-order chi connectivity index (χ0) is 19.2. The fraction of sp³-hybridized carbons (Fsp3) is 0.917. The number of esters is 2.